The molecule has 2 amide bonds. The van der Waals surface area contributed by atoms with Crippen molar-refractivity contribution >= 4 is 11.8 Å². The van der Waals surface area contributed by atoms with E-state index in [0.717, 1.165) is 57.2 Å². The first-order chi connectivity index (χ1) is 16.2. The Balaban J connectivity index is 1.30. The molecule has 2 saturated carbocycles. The largest absolute Gasteiger partial charge is 0.391 e. The molecule has 4 aliphatic rings. The lowest BCUT2D eigenvalue weighted by molar-refractivity contribution is -0.144. The third-order valence-corrected chi connectivity index (χ3v) is 8.28. The highest BCUT2D eigenvalue weighted by Crippen LogP contribution is 2.47. The molecule has 1 aromatic rings. The Bertz CT molecular complexity index is 911. The molecule has 4 atom stereocenters. The SMILES string of the molecule is CC(C)(C)[C@@H](C(=O)N1CC(O)CC1C(=O)NCC1(C2CCCO2)CCC1)n1cc(C2CC2)nn1. The zero-order chi connectivity index (χ0) is 24.1. The molecule has 4 fully saturated rings. The van der Waals surface area contributed by atoms with Crippen LogP contribution >= 0.6 is 0 Å². The van der Waals surface area contributed by atoms with Crippen molar-refractivity contribution in [2.24, 2.45) is 10.8 Å². The molecule has 3 heterocycles. The Hall–Kier alpha value is -2.00. The molecule has 0 spiro atoms. The van der Waals surface area contributed by atoms with E-state index in [9.17, 15) is 14.7 Å². The molecule has 0 aromatic carbocycles. The van der Waals surface area contributed by atoms with Crippen LogP contribution in [0.15, 0.2) is 6.20 Å². The zero-order valence-electron chi connectivity index (χ0n) is 20.7. The van der Waals surface area contributed by atoms with E-state index in [1.54, 1.807) is 9.58 Å². The average molecular weight is 474 g/mol. The van der Waals surface area contributed by atoms with Crippen molar-refractivity contribution in [3.63, 3.8) is 0 Å². The second-order valence-electron chi connectivity index (χ2n) is 12.0. The Labute approximate surface area is 201 Å². The van der Waals surface area contributed by atoms with Crippen LogP contribution in [0.1, 0.15) is 89.8 Å². The maximum absolute atomic E-state index is 13.9. The van der Waals surface area contributed by atoms with Gasteiger partial charge in [0.15, 0.2) is 0 Å². The lowest BCUT2D eigenvalue weighted by Gasteiger charge is -2.46. The summed E-state index contributed by atoms with van der Waals surface area (Å²) in [7, 11) is 0. The lowest BCUT2D eigenvalue weighted by Crippen LogP contribution is -2.54. The Morgan fingerprint density at radius 3 is 2.62 bits per heavy atom. The maximum Gasteiger partial charge on any atom is 0.248 e. The lowest BCUT2D eigenvalue weighted by atomic mass is 9.64. The zero-order valence-corrected chi connectivity index (χ0v) is 20.7. The van der Waals surface area contributed by atoms with Gasteiger partial charge in [0.1, 0.15) is 12.1 Å². The molecule has 5 rings (SSSR count). The van der Waals surface area contributed by atoms with E-state index in [1.165, 1.54) is 0 Å². The van der Waals surface area contributed by atoms with Crippen LogP contribution in [0.25, 0.3) is 0 Å². The Kier molecular flexibility index (Phi) is 6.21. The Morgan fingerprint density at radius 2 is 2.03 bits per heavy atom. The fourth-order valence-corrected chi connectivity index (χ4v) is 6.01. The number of aromatic nitrogens is 3. The molecule has 0 radical (unpaired) electrons. The molecular weight excluding hydrogens is 434 g/mol. The molecule has 2 saturated heterocycles. The van der Waals surface area contributed by atoms with Crippen molar-refractivity contribution in [2.45, 2.75) is 102 Å². The van der Waals surface area contributed by atoms with Crippen molar-refractivity contribution < 1.29 is 19.4 Å². The van der Waals surface area contributed by atoms with Crippen LogP contribution in [0, 0.1) is 10.8 Å². The summed E-state index contributed by atoms with van der Waals surface area (Å²) in [5, 5.41) is 22.2. The minimum absolute atomic E-state index is 0.0199. The molecule has 1 aromatic heterocycles. The standard InChI is InChI=1S/C25H39N5O4/c1-24(2,3)21(30-14-18(27-28-30)16-7-8-16)23(33)29-13-17(31)12-19(29)22(32)26-15-25(9-5-10-25)20-6-4-11-34-20/h14,16-17,19-21,31H,4-13,15H2,1-3H3,(H,26,32)/t17?,19?,20?,21-/m1/s1. The van der Waals surface area contributed by atoms with E-state index in [0.29, 0.717) is 12.5 Å². The monoisotopic (exact) mass is 473 g/mol. The minimum atomic E-state index is -0.714. The summed E-state index contributed by atoms with van der Waals surface area (Å²) < 4.78 is 7.63. The summed E-state index contributed by atoms with van der Waals surface area (Å²) in [4.78, 5) is 28.7. The van der Waals surface area contributed by atoms with E-state index in [1.807, 2.05) is 27.0 Å². The molecule has 0 bridgehead atoms. The van der Waals surface area contributed by atoms with E-state index >= 15 is 0 Å². The number of hydrogen-bond donors (Lipinski definition) is 2. The number of likely N-dealkylation sites (tertiary alicyclic amines) is 1. The van der Waals surface area contributed by atoms with Crippen LogP contribution in [0.2, 0.25) is 0 Å². The predicted octanol–water partition coefficient (Wildman–Crippen LogP) is 2.17. The second-order valence-corrected chi connectivity index (χ2v) is 12.0. The summed E-state index contributed by atoms with van der Waals surface area (Å²) in [6, 6.07) is -1.28. The van der Waals surface area contributed by atoms with Gasteiger partial charge in [-0.1, -0.05) is 32.4 Å². The van der Waals surface area contributed by atoms with Gasteiger partial charge in [0, 0.05) is 43.6 Å². The normalized spacial score (nSPS) is 29.6. The third kappa shape index (κ3) is 4.49. The summed E-state index contributed by atoms with van der Waals surface area (Å²) in [5.41, 5.74) is 0.514. The maximum atomic E-state index is 13.9. The number of hydrogen-bond acceptors (Lipinski definition) is 6. The number of carbonyl (C=O) groups is 2. The van der Waals surface area contributed by atoms with Gasteiger partial charge in [0.2, 0.25) is 11.8 Å². The minimum Gasteiger partial charge on any atom is -0.391 e. The number of carbonyl (C=O) groups excluding carboxylic acids is 2. The van der Waals surface area contributed by atoms with E-state index in [4.69, 9.17) is 4.74 Å². The number of ether oxygens (including phenoxy) is 1. The van der Waals surface area contributed by atoms with Crippen LogP contribution in [0.3, 0.4) is 0 Å². The number of rotatable bonds is 7. The molecule has 188 valence electrons. The Morgan fingerprint density at radius 1 is 1.26 bits per heavy atom. The van der Waals surface area contributed by atoms with Gasteiger partial charge in [-0.05, 0) is 43.9 Å². The second kappa shape index (κ2) is 8.90. The quantitative estimate of drug-likeness (QED) is 0.628. The number of amides is 2. The van der Waals surface area contributed by atoms with Crippen molar-refractivity contribution in [1.82, 2.24) is 25.2 Å². The summed E-state index contributed by atoms with van der Waals surface area (Å²) >= 11 is 0. The van der Waals surface area contributed by atoms with Gasteiger partial charge < -0.3 is 20.1 Å². The van der Waals surface area contributed by atoms with Gasteiger partial charge in [-0.3, -0.25) is 9.59 Å². The van der Waals surface area contributed by atoms with Gasteiger partial charge in [-0.25, -0.2) is 4.68 Å². The van der Waals surface area contributed by atoms with Gasteiger partial charge >= 0.3 is 0 Å². The topological polar surface area (TPSA) is 110 Å². The number of β-amino-alcohol motifs (C(OH)–C–C–N with tert-alkyl or cyclic N) is 1. The summed E-state index contributed by atoms with van der Waals surface area (Å²) in [5.74, 6) is 0.0762. The first-order valence-corrected chi connectivity index (χ1v) is 13.0. The molecular formula is C25H39N5O4. The summed E-state index contributed by atoms with van der Waals surface area (Å²) in [6.45, 7) is 7.52. The smallest absolute Gasteiger partial charge is 0.248 e. The summed E-state index contributed by atoms with van der Waals surface area (Å²) in [6.07, 6.45) is 9.29. The van der Waals surface area contributed by atoms with Crippen LogP contribution in [-0.2, 0) is 14.3 Å². The van der Waals surface area contributed by atoms with E-state index < -0.39 is 23.6 Å². The fraction of sp³-hybridized carbons (Fsp3) is 0.840. The van der Waals surface area contributed by atoms with E-state index in [2.05, 4.69) is 15.6 Å². The molecule has 2 aliphatic heterocycles. The molecule has 2 N–H and O–H groups in total. The predicted molar refractivity (Wildman–Crippen MR) is 125 cm³/mol. The van der Waals surface area contributed by atoms with Crippen molar-refractivity contribution in [1.29, 1.82) is 0 Å². The highest BCUT2D eigenvalue weighted by atomic mass is 16.5. The number of aliphatic hydroxyl groups is 1. The number of nitrogens with one attached hydrogen (secondary N) is 1. The number of aliphatic hydroxyl groups excluding tert-OH is 1. The highest BCUT2D eigenvalue weighted by Gasteiger charge is 2.48. The van der Waals surface area contributed by atoms with Gasteiger partial charge in [0.05, 0.1) is 17.9 Å². The first kappa shape index (κ1) is 23.7. The van der Waals surface area contributed by atoms with Gasteiger partial charge in [0.25, 0.3) is 0 Å². The van der Waals surface area contributed by atoms with Crippen molar-refractivity contribution in [2.75, 3.05) is 19.7 Å². The van der Waals surface area contributed by atoms with Crippen LogP contribution in [0.5, 0.6) is 0 Å². The van der Waals surface area contributed by atoms with Crippen LogP contribution in [0.4, 0.5) is 0 Å². The first-order valence-electron chi connectivity index (χ1n) is 13.0. The molecule has 34 heavy (non-hydrogen) atoms. The molecule has 9 heteroatoms. The van der Waals surface area contributed by atoms with Crippen molar-refractivity contribution in [3.8, 4) is 0 Å². The van der Waals surface area contributed by atoms with E-state index in [-0.39, 0.29) is 36.3 Å². The van der Waals surface area contributed by atoms with Crippen LogP contribution in [-0.4, -0.2) is 74.8 Å². The molecule has 9 nitrogen and oxygen atoms in total. The third-order valence-electron chi connectivity index (χ3n) is 8.28. The van der Waals surface area contributed by atoms with Crippen molar-refractivity contribution in [3.05, 3.63) is 11.9 Å². The van der Waals surface area contributed by atoms with Crippen LogP contribution < -0.4 is 5.32 Å². The highest BCUT2D eigenvalue weighted by molar-refractivity contribution is 5.90. The van der Waals surface area contributed by atoms with Gasteiger partial charge in [-0.15, -0.1) is 5.10 Å². The average Bonchev–Trinajstić information content (AvgIpc) is 3.13. The number of nitrogens with zero attached hydrogens (tertiary/aromatic N) is 4. The van der Waals surface area contributed by atoms with Gasteiger partial charge in [-0.2, -0.15) is 0 Å². The fourth-order valence-electron chi connectivity index (χ4n) is 6.01. The molecule has 2 aliphatic carbocycles. The molecule has 3 unspecified atom stereocenters.